The lowest BCUT2D eigenvalue weighted by Gasteiger charge is -2.17. The number of fused-ring (bicyclic) bond motifs is 1. The average molecular weight is 472 g/mol. The zero-order valence-corrected chi connectivity index (χ0v) is 20.4. The molecule has 8 heteroatoms. The van der Waals surface area contributed by atoms with Crippen LogP contribution in [0.5, 0.6) is 0 Å². The van der Waals surface area contributed by atoms with Crippen LogP contribution in [0.2, 0.25) is 0 Å². The number of aliphatic hydroxyl groups is 1. The monoisotopic (exact) mass is 471 g/mol. The smallest absolute Gasteiger partial charge is 0.137 e. The van der Waals surface area contributed by atoms with Crippen molar-refractivity contribution in [2.24, 2.45) is 11.3 Å². The van der Waals surface area contributed by atoms with E-state index in [4.69, 9.17) is 4.98 Å². The SMILES string of the molecule is CC(C)(O)Cn1cc(-c2ccc3ncc(-c4cccc(NCCC5CNCC56CC6)n4)n3c2)cn1. The molecule has 0 bridgehead atoms. The van der Waals surface area contributed by atoms with Gasteiger partial charge in [0.15, 0.2) is 0 Å². The quantitative estimate of drug-likeness (QED) is 0.362. The van der Waals surface area contributed by atoms with E-state index in [-0.39, 0.29) is 0 Å². The third kappa shape index (κ3) is 4.56. The maximum Gasteiger partial charge on any atom is 0.137 e. The molecule has 1 saturated heterocycles. The minimum absolute atomic E-state index is 0.438. The maximum absolute atomic E-state index is 10.1. The minimum atomic E-state index is -0.817. The average Bonchev–Trinajstić information content (AvgIpc) is 3.13. The number of nitrogens with one attached hydrogen (secondary N) is 2. The molecule has 6 rings (SSSR count). The van der Waals surface area contributed by atoms with Gasteiger partial charge < -0.3 is 15.7 Å². The first-order valence-electron chi connectivity index (χ1n) is 12.5. The van der Waals surface area contributed by atoms with E-state index in [1.807, 2.05) is 48.9 Å². The fourth-order valence-corrected chi connectivity index (χ4v) is 5.40. The predicted octanol–water partition coefficient (Wildman–Crippen LogP) is 3.83. The molecule has 182 valence electrons. The molecule has 5 heterocycles. The van der Waals surface area contributed by atoms with Crippen LogP contribution < -0.4 is 10.6 Å². The molecule has 2 aliphatic rings. The van der Waals surface area contributed by atoms with Gasteiger partial charge in [0.05, 0.1) is 35.9 Å². The standard InChI is InChI=1S/C27H33N7O/c1-26(2,35)18-33-15-20(12-31-33)19-6-7-25-30-14-23(34(25)16-19)22-4-3-5-24(32-22)29-11-8-21-13-28-17-27(21)9-10-27/h3-7,12,14-16,21,28,35H,8-11,13,17-18H2,1-2H3,(H,29,32). The molecule has 0 amide bonds. The summed E-state index contributed by atoms with van der Waals surface area (Å²) in [7, 11) is 0. The van der Waals surface area contributed by atoms with Crippen LogP contribution in [0.15, 0.2) is 55.1 Å². The van der Waals surface area contributed by atoms with Gasteiger partial charge in [-0.25, -0.2) is 9.97 Å². The third-order valence-corrected chi connectivity index (χ3v) is 7.46. The van der Waals surface area contributed by atoms with E-state index in [1.165, 1.54) is 25.8 Å². The number of nitrogens with zero attached hydrogens (tertiary/aromatic N) is 5. The van der Waals surface area contributed by atoms with Gasteiger partial charge in [0.25, 0.3) is 0 Å². The van der Waals surface area contributed by atoms with E-state index in [0.29, 0.717) is 12.0 Å². The molecule has 1 atom stereocenters. The van der Waals surface area contributed by atoms with Gasteiger partial charge in [0.2, 0.25) is 0 Å². The molecule has 1 aliphatic carbocycles. The van der Waals surface area contributed by atoms with E-state index >= 15 is 0 Å². The Morgan fingerprint density at radius 2 is 2.03 bits per heavy atom. The first-order valence-corrected chi connectivity index (χ1v) is 12.5. The maximum atomic E-state index is 10.1. The Labute approximate surface area is 205 Å². The van der Waals surface area contributed by atoms with Gasteiger partial charge in [0, 0.05) is 36.6 Å². The summed E-state index contributed by atoms with van der Waals surface area (Å²) in [4.78, 5) is 9.49. The topological polar surface area (TPSA) is 92.3 Å². The fraction of sp³-hybridized carbons (Fsp3) is 0.444. The second-order valence-corrected chi connectivity index (χ2v) is 10.8. The lowest BCUT2D eigenvalue weighted by Crippen LogP contribution is -2.26. The molecule has 2 fully saturated rings. The molecule has 0 radical (unpaired) electrons. The van der Waals surface area contributed by atoms with Crippen molar-refractivity contribution >= 4 is 11.5 Å². The van der Waals surface area contributed by atoms with Gasteiger partial charge in [-0.05, 0) is 75.3 Å². The summed E-state index contributed by atoms with van der Waals surface area (Å²) in [6, 6.07) is 10.2. The van der Waals surface area contributed by atoms with Crippen LogP contribution in [0, 0.1) is 11.3 Å². The van der Waals surface area contributed by atoms with Gasteiger partial charge >= 0.3 is 0 Å². The Hall–Kier alpha value is -3.23. The van der Waals surface area contributed by atoms with Gasteiger partial charge in [-0.15, -0.1) is 0 Å². The Morgan fingerprint density at radius 3 is 2.86 bits per heavy atom. The summed E-state index contributed by atoms with van der Waals surface area (Å²) in [5, 5.41) is 21.6. The van der Waals surface area contributed by atoms with E-state index in [9.17, 15) is 5.11 Å². The highest BCUT2D eigenvalue weighted by molar-refractivity contribution is 5.67. The van der Waals surface area contributed by atoms with Crippen LogP contribution in [0.3, 0.4) is 0 Å². The van der Waals surface area contributed by atoms with Crippen molar-refractivity contribution in [1.29, 1.82) is 0 Å². The number of pyridine rings is 2. The highest BCUT2D eigenvalue weighted by Crippen LogP contribution is 2.54. The van der Waals surface area contributed by atoms with Crippen LogP contribution in [0.25, 0.3) is 28.2 Å². The second-order valence-electron chi connectivity index (χ2n) is 10.8. The normalized spacial score (nSPS) is 19.0. The summed E-state index contributed by atoms with van der Waals surface area (Å²) in [5.74, 6) is 1.68. The zero-order valence-electron chi connectivity index (χ0n) is 20.4. The Balaban J connectivity index is 1.20. The number of imidazole rings is 1. The van der Waals surface area contributed by atoms with Crippen LogP contribution in [-0.4, -0.2) is 54.5 Å². The van der Waals surface area contributed by atoms with E-state index in [2.05, 4.69) is 31.3 Å². The lowest BCUT2D eigenvalue weighted by atomic mass is 9.90. The summed E-state index contributed by atoms with van der Waals surface area (Å²) in [5.41, 5.74) is 4.51. The molecule has 1 aliphatic heterocycles. The highest BCUT2D eigenvalue weighted by Gasteiger charge is 2.51. The Bertz CT molecular complexity index is 1350. The molecule has 1 saturated carbocycles. The molecule has 1 unspecified atom stereocenters. The molecule has 1 spiro atoms. The van der Waals surface area contributed by atoms with Crippen molar-refractivity contribution in [2.45, 2.75) is 45.3 Å². The summed E-state index contributed by atoms with van der Waals surface area (Å²) in [6.45, 7) is 7.29. The van der Waals surface area contributed by atoms with E-state index in [0.717, 1.165) is 53.0 Å². The molecule has 35 heavy (non-hydrogen) atoms. The number of anilines is 1. The van der Waals surface area contributed by atoms with Crippen LogP contribution >= 0.6 is 0 Å². The highest BCUT2D eigenvalue weighted by atomic mass is 16.3. The first-order chi connectivity index (χ1) is 16.9. The largest absolute Gasteiger partial charge is 0.389 e. The third-order valence-electron chi connectivity index (χ3n) is 7.46. The summed E-state index contributed by atoms with van der Waals surface area (Å²) >= 11 is 0. The summed E-state index contributed by atoms with van der Waals surface area (Å²) < 4.78 is 3.85. The number of hydrogen-bond acceptors (Lipinski definition) is 6. The Morgan fingerprint density at radius 1 is 1.14 bits per heavy atom. The number of hydrogen-bond donors (Lipinski definition) is 3. The molecule has 4 aromatic rings. The molecular formula is C27H33N7O. The molecular weight excluding hydrogens is 438 g/mol. The first kappa shape index (κ1) is 22.2. The van der Waals surface area contributed by atoms with Crippen molar-refractivity contribution < 1.29 is 5.11 Å². The van der Waals surface area contributed by atoms with Crippen LogP contribution in [-0.2, 0) is 6.54 Å². The Kier molecular flexibility index (Phi) is 5.38. The van der Waals surface area contributed by atoms with Crippen molar-refractivity contribution in [2.75, 3.05) is 25.0 Å². The van der Waals surface area contributed by atoms with Crippen molar-refractivity contribution in [3.63, 3.8) is 0 Å². The molecule has 0 aromatic carbocycles. The van der Waals surface area contributed by atoms with Crippen molar-refractivity contribution in [1.82, 2.24) is 29.5 Å². The minimum Gasteiger partial charge on any atom is -0.389 e. The van der Waals surface area contributed by atoms with Crippen molar-refractivity contribution in [3.05, 3.63) is 55.1 Å². The van der Waals surface area contributed by atoms with Crippen molar-refractivity contribution in [3.8, 4) is 22.5 Å². The van der Waals surface area contributed by atoms with Crippen LogP contribution in [0.1, 0.15) is 33.1 Å². The molecule has 4 aromatic heterocycles. The van der Waals surface area contributed by atoms with E-state index in [1.54, 1.807) is 18.5 Å². The lowest BCUT2D eigenvalue weighted by molar-refractivity contribution is 0.0577. The van der Waals surface area contributed by atoms with Crippen LogP contribution in [0.4, 0.5) is 5.82 Å². The predicted molar refractivity (Wildman–Crippen MR) is 137 cm³/mol. The number of rotatable bonds is 8. The second kappa shape index (κ2) is 8.46. The number of aromatic nitrogens is 5. The summed E-state index contributed by atoms with van der Waals surface area (Å²) in [6.07, 6.45) is 11.7. The van der Waals surface area contributed by atoms with Gasteiger partial charge in [-0.3, -0.25) is 9.08 Å². The molecule has 3 N–H and O–H groups in total. The van der Waals surface area contributed by atoms with Gasteiger partial charge in [-0.1, -0.05) is 6.07 Å². The van der Waals surface area contributed by atoms with Gasteiger partial charge in [0.1, 0.15) is 11.5 Å². The fourth-order valence-electron chi connectivity index (χ4n) is 5.40. The molecule has 8 nitrogen and oxygen atoms in total. The zero-order chi connectivity index (χ0) is 24.0. The van der Waals surface area contributed by atoms with E-state index < -0.39 is 5.60 Å². The van der Waals surface area contributed by atoms with Gasteiger partial charge in [-0.2, -0.15) is 5.10 Å².